The molecule has 1 atom stereocenters. The molecule has 0 bridgehead atoms. The second-order valence-electron chi connectivity index (χ2n) is 6.65. The molecule has 6 nitrogen and oxygen atoms in total. The summed E-state index contributed by atoms with van der Waals surface area (Å²) < 4.78 is 2.14. The molecule has 1 aliphatic rings. The number of nitrogens with one attached hydrogen (secondary N) is 1. The molecule has 4 rings (SSSR count). The van der Waals surface area contributed by atoms with Crippen LogP contribution in [-0.4, -0.2) is 32.0 Å². The highest BCUT2D eigenvalue weighted by Crippen LogP contribution is 2.32. The third-order valence-corrected chi connectivity index (χ3v) is 5.71. The number of fused-ring (bicyclic) bond motifs is 1. The number of rotatable bonds is 4. The molecule has 0 spiro atoms. The zero-order chi connectivity index (χ0) is 17.9. The van der Waals surface area contributed by atoms with Gasteiger partial charge in [0.25, 0.3) is 0 Å². The molecule has 2 amide bonds. The van der Waals surface area contributed by atoms with Crippen molar-refractivity contribution in [2.24, 2.45) is 0 Å². The van der Waals surface area contributed by atoms with Crippen molar-refractivity contribution in [3.05, 3.63) is 41.1 Å². The summed E-state index contributed by atoms with van der Waals surface area (Å²) in [6.07, 6.45) is 7.89. The molecule has 0 aliphatic carbocycles. The maximum Gasteiger partial charge on any atom is 0.322 e. The van der Waals surface area contributed by atoms with Gasteiger partial charge in [-0.3, -0.25) is 0 Å². The van der Waals surface area contributed by atoms with E-state index in [-0.39, 0.29) is 12.1 Å². The number of nitrogens with zero attached hydrogens (tertiary/aromatic N) is 4. The fraction of sp³-hybridized carbons (Fsp3) is 0.421. The number of aryl methyl sites for hydroxylation is 1. The van der Waals surface area contributed by atoms with Gasteiger partial charge in [0, 0.05) is 30.4 Å². The number of imidazole rings is 1. The lowest BCUT2D eigenvalue weighted by Gasteiger charge is -2.34. The minimum atomic E-state index is -0.0581. The number of anilines is 1. The van der Waals surface area contributed by atoms with Crippen LogP contribution in [0.1, 0.15) is 43.7 Å². The average Bonchev–Trinajstić information content (AvgIpc) is 3.32. The molecule has 1 fully saturated rings. The number of urea groups is 1. The van der Waals surface area contributed by atoms with Gasteiger partial charge in [-0.15, -0.1) is 11.3 Å². The fourth-order valence-electron chi connectivity index (χ4n) is 3.59. The number of piperidine rings is 1. The Labute approximate surface area is 156 Å². The number of amides is 2. The second kappa shape index (κ2) is 7.45. The fourth-order valence-corrected chi connectivity index (χ4v) is 4.37. The number of likely N-dealkylation sites (tertiary alicyclic amines) is 1. The summed E-state index contributed by atoms with van der Waals surface area (Å²) in [5, 5.41) is 6.05. The first-order valence-corrected chi connectivity index (χ1v) is 10.1. The zero-order valence-electron chi connectivity index (χ0n) is 14.9. The predicted molar refractivity (Wildman–Crippen MR) is 104 cm³/mol. The van der Waals surface area contributed by atoms with Crippen LogP contribution in [0.3, 0.4) is 0 Å². The molecule has 1 N–H and O–H groups in total. The van der Waals surface area contributed by atoms with E-state index in [9.17, 15) is 4.79 Å². The van der Waals surface area contributed by atoms with Crippen molar-refractivity contribution < 1.29 is 4.79 Å². The Hall–Kier alpha value is -2.41. The molecule has 26 heavy (non-hydrogen) atoms. The number of hydrogen-bond donors (Lipinski definition) is 1. The summed E-state index contributed by atoms with van der Waals surface area (Å²) in [5.41, 5.74) is 2.79. The molecule has 7 heteroatoms. The quantitative estimate of drug-likeness (QED) is 0.727. The van der Waals surface area contributed by atoms with Gasteiger partial charge < -0.3 is 14.8 Å². The summed E-state index contributed by atoms with van der Waals surface area (Å²) in [5.74, 6) is 0. The lowest BCUT2D eigenvalue weighted by atomic mass is 10.0. The molecule has 136 valence electrons. The van der Waals surface area contributed by atoms with Crippen molar-refractivity contribution in [3.63, 3.8) is 0 Å². The lowest BCUT2D eigenvalue weighted by molar-refractivity contribution is 0.163. The monoisotopic (exact) mass is 369 g/mol. The van der Waals surface area contributed by atoms with E-state index in [0.29, 0.717) is 0 Å². The third kappa shape index (κ3) is 3.31. The van der Waals surface area contributed by atoms with Crippen LogP contribution >= 0.6 is 11.3 Å². The van der Waals surface area contributed by atoms with Crippen LogP contribution in [0.5, 0.6) is 0 Å². The van der Waals surface area contributed by atoms with E-state index in [1.165, 1.54) is 0 Å². The van der Waals surface area contributed by atoms with Gasteiger partial charge >= 0.3 is 6.03 Å². The predicted octanol–water partition coefficient (Wildman–Crippen LogP) is 4.66. The third-order valence-electron chi connectivity index (χ3n) is 4.84. The van der Waals surface area contributed by atoms with Crippen molar-refractivity contribution >= 4 is 34.1 Å². The molecular weight excluding hydrogens is 346 g/mol. The smallest absolute Gasteiger partial charge is 0.322 e. The molecular formula is C19H23N5OS. The molecule has 2 aromatic heterocycles. The van der Waals surface area contributed by atoms with Gasteiger partial charge in [-0.25, -0.2) is 14.8 Å². The Kier molecular flexibility index (Phi) is 4.88. The normalized spacial score (nSPS) is 17.6. The van der Waals surface area contributed by atoms with E-state index >= 15 is 0 Å². The molecule has 3 heterocycles. The van der Waals surface area contributed by atoms with Gasteiger partial charge in [0.2, 0.25) is 0 Å². The van der Waals surface area contributed by atoms with Gasteiger partial charge in [0.15, 0.2) is 0 Å². The molecule has 1 aromatic carbocycles. The average molecular weight is 369 g/mol. The summed E-state index contributed by atoms with van der Waals surface area (Å²) in [6, 6.07) is 5.95. The molecule has 0 radical (unpaired) electrons. The number of carbonyl (C=O) groups is 1. The van der Waals surface area contributed by atoms with E-state index in [1.54, 1.807) is 11.3 Å². The van der Waals surface area contributed by atoms with Crippen LogP contribution < -0.4 is 5.32 Å². The van der Waals surface area contributed by atoms with Crippen LogP contribution in [0.4, 0.5) is 10.5 Å². The van der Waals surface area contributed by atoms with Crippen LogP contribution in [0.25, 0.3) is 11.0 Å². The summed E-state index contributed by atoms with van der Waals surface area (Å²) in [7, 11) is 0. The van der Waals surface area contributed by atoms with Gasteiger partial charge in [-0.05, 0) is 43.9 Å². The first-order chi connectivity index (χ1) is 12.8. The summed E-state index contributed by atoms with van der Waals surface area (Å²) in [4.78, 5) is 23.7. The largest absolute Gasteiger partial charge is 0.331 e. The highest BCUT2D eigenvalue weighted by Gasteiger charge is 2.29. The number of aromatic nitrogens is 3. The van der Waals surface area contributed by atoms with E-state index in [1.807, 2.05) is 41.0 Å². The maximum atomic E-state index is 12.9. The molecule has 1 saturated heterocycles. The highest BCUT2D eigenvalue weighted by atomic mass is 32.1. The Morgan fingerprint density at radius 1 is 1.35 bits per heavy atom. The summed E-state index contributed by atoms with van der Waals surface area (Å²) >= 11 is 1.62. The molecule has 0 unspecified atom stereocenters. The van der Waals surface area contributed by atoms with Crippen molar-refractivity contribution in [2.45, 2.75) is 45.2 Å². The number of hydrogen-bond acceptors (Lipinski definition) is 4. The molecule has 3 aromatic rings. The second-order valence-corrected chi connectivity index (χ2v) is 7.57. The van der Waals surface area contributed by atoms with Crippen LogP contribution in [0.15, 0.2) is 36.1 Å². The maximum absolute atomic E-state index is 12.9. The Morgan fingerprint density at radius 2 is 2.27 bits per heavy atom. The Morgan fingerprint density at radius 3 is 3.08 bits per heavy atom. The lowest BCUT2D eigenvalue weighted by Crippen LogP contribution is -2.41. The minimum Gasteiger partial charge on any atom is -0.331 e. The Balaban J connectivity index is 1.52. The molecule has 1 aliphatic heterocycles. The highest BCUT2D eigenvalue weighted by molar-refractivity contribution is 7.09. The zero-order valence-corrected chi connectivity index (χ0v) is 15.7. The van der Waals surface area contributed by atoms with Gasteiger partial charge in [-0.1, -0.05) is 6.92 Å². The first-order valence-electron chi connectivity index (χ1n) is 9.18. The Bertz CT molecular complexity index is 889. The van der Waals surface area contributed by atoms with Crippen molar-refractivity contribution in [1.82, 2.24) is 19.4 Å². The van der Waals surface area contributed by atoms with E-state index in [2.05, 4.69) is 26.8 Å². The van der Waals surface area contributed by atoms with Crippen molar-refractivity contribution in [2.75, 3.05) is 11.9 Å². The van der Waals surface area contributed by atoms with Crippen LogP contribution in [0, 0.1) is 0 Å². The van der Waals surface area contributed by atoms with E-state index in [4.69, 9.17) is 0 Å². The number of thiazole rings is 1. The number of carbonyl (C=O) groups excluding carboxylic acids is 1. The molecule has 0 saturated carbocycles. The topological polar surface area (TPSA) is 63.1 Å². The van der Waals surface area contributed by atoms with Gasteiger partial charge in [-0.2, -0.15) is 0 Å². The van der Waals surface area contributed by atoms with Gasteiger partial charge in [0.05, 0.1) is 23.4 Å². The van der Waals surface area contributed by atoms with E-state index < -0.39 is 0 Å². The van der Waals surface area contributed by atoms with Crippen LogP contribution in [-0.2, 0) is 6.54 Å². The van der Waals surface area contributed by atoms with Crippen molar-refractivity contribution in [3.8, 4) is 0 Å². The van der Waals surface area contributed by atoms with Gasteiger partial charge in [0.1, 0.15) is 5.01 Å². The van der Waals surface area contributed by atoms with Crippen molar-refractivity contribution in [1.29, 1.82) is 0 Å². The first kappa shape index (κ1) is 17.0. The SMILES string of the molecule is CCCn1cnc2cc(NC(=O)N3CCCC[C@@H]3c3nccs3)ccc21. The summed E-state index contributed by atoms with van der Waals surface area (Å²) in [6.45, 7) is 3.87. The minimum absolute atomic E-state index is 0.0581. The van der Waals surface area contributed by atoms with E-state index in [0.717, 1.165) is 60.5 Å². The standard InChI is InChI=1S/C19H23N5OS/c1-2-9-23-13-21-15-12-14(6-7-16(15)23)22-19(25)24-10-4-3-5-17(24)18-20-8-11-26-18/h6-8,11-13,17H,2-5,9-10H2,1H3,(H,22,25)/t17-/m1/s1. The number of benzene rings is 1. The van der Waals surface area contributed by atoms with Crippen LogP contribution in [0.2, 0.25) is 0 Å².